The number of nitrogens with one attached hydrogen (secondary N) is 1. The normalized spacial score (nSPS) is 18.6. The summed E-state index contributed by atoms with van der Waals surface area (Å²) in [6, 6.07) is 10.8. The molecule has 1 fully saturated rings. The third-order valence-electron chi connectivity index (χ3n) is 6.22. The lowest BCUT2D eigenvalue weighted by Gasteiger charge is -2.43. The molecule has 4 rings (SSSR count). The summed E-state index contributed by atoms with van der Waals surface area (Å²) < 4.78 is 0. The van der Waals surface area contributed by atoms with E-state index in [-0.39, 0.29) is 5.41 Å². The van der Waals surface area contributed by atoms with E-state index in [9.17, 15) is 9.59 Å². The number of hydrogen-bond acceptors (Lipinski definition) is 3. The number of primary amides is 2. The fourth-order valence-corrected chi connectivity index (χ4v) is 4.95. The first-order chi connectivity index (χ1) is 14.4. The molecule has 30 heavy (non-hydrogen) atoms. The Morgan fingerprint density at radius 3 is 2.40 bits per heavy atom. The molecule has 5 N–H and O–H groups in total. The third kappa shape index (κ3) is 3.79. The smallest absolute Gasteiger partial charge is 0.250 e. The van der Waals surface area contributed by atoms with Crippen LogP contribution in [0.15, 0.2) is 41.4 Å². The van der Waals surface area contributed by atoms with E-state index in [2.05, 4.69) is 5.32 Å². The minimum absolute atomic E-state index is 0.204. The van der Waals surface area contributed by atoms with Gasteiger partial charge >= 0.3 is 0 Å². The van der Waals surface area contributed by atoms with Crippen LogP contribution in [-0.4, -0.2) is 17.6 Å². The Morgan fingerprint density at radius 2 is 1.73 bits per heavy atom. The summed E-state index contributed by atoms with van der Waals surface area (Å²) in [5.74, 6) is -0.211. The topological polar surface area (TPSA) is 111 Å². The fraction of sp³-hybridized carbons (Fsp3) is 0.348. The maximum Gasteiger partial charge on any atom is 0.250 e. The Hall–Kier alpha value is -2.86. The molecule has 1 saturated carbocycles. The number of amides is 2. The van der Waals surface area contributed by atoms with Gasteiger partial charge < -0.3 is 16.8 Å². The molecule has 0 unspecified atom stereocenters. The maximum absolute atomic E-state index is 12.1. The molecule has 2 aromatic carbocycles. The number of aliphatic imine (C=N–C) groups is 1. The lowest BCUT2D eigenvalue weighted by molar-refractivity contribution is 0.0987. The molecule has 1 spiro atoms. The molecule has 2 aliphatic rings. The molecule has 0 radical (unpaired) electrons. The first-order valence-corrected chi connectivity index (χ1v) is 10.6. The number of amidine groups is 1. The highest BCUT2D eigenvalue weighted by atomic mass is 35.5. The van der Waals surface area contributed by atoms with Crippen molar-refractivity contribution >= 4 is 34.9 Å². The summed E-state index contributed by atoms with van der Waals surface area (Å²) >= 11 is 6.12. The van der Waals surface area contributed by atoms with Gasteiger partial charge in [0.25, 0.3) is 5.91 Å². The predicted molar refractivity (Wildman–Crippen MR) is 119 cm³/mol. The molecule has 1 aliphatic heterocycles. The van der Waals surface area contributed by atoms with Gasteiger partial charge in [-0.15, -0.1) is 0 Å². The van der Waals surface area contributed by atoms with E-state index >= 15 is 0 Å². The molecular formula is C23H25ClN4O2. The maximum atomic E-state index is 12.1. The van der Waals surface area contributed by atoms with Gasteiger partial charge in [0.15, 0.2) is 0 Å². The van der Waals surface area contributed by atoms with E-state index in [1.54, 1.807) is 12.1 Å². The van der Waals surface area contributed by atoms with E-state index < -0.39 is 11.8 Å². The third-order valence-corrected chi connectivity index (χ3v) is 6.46. The largest absolute Gasteiger partial charge is 0.366 e. The van der Waals surface area contributed by atoms with E-state index in [0.29, 0.717) is 34.8 Å². The minimum Gasteiger partial charge on any atom is -0.366 e. The molecule has 2 aromatic rings. The Labute approximate surface area is 180 Å². The zero-order valence-electron chi connectivity index (χ0n) is 16.7. The van der Waals surface area contributed by atoms with Gasteiger partial charge in [0.2, 0.25) is 5.91 Å². The van der Waals surface area contributed by atoms with Crippen LogP contribution in [0.25, 0.3) is 0 Å². The summed E-state index contributed by atoms with van der Waals surface area (Å²) in [5, 5.41) is 4.07. The monoisotopic (exact) mass is 424 g/mol. The quantitative estimate of drug-likeness (QED) is 0.688. The number of anilines is 1. The van der Waals surface area contributed by atoms with Crippen molar-refractivity contribution in [3.8, 4) is 0 Å². The van der Waals surface area contributed by atoms with Crippen molar-refractivity contribution in [3.05, 3.63) is 63.7 Å². The molecule has 156 valence electrons. The van der Waals surface area contributed by atoms with Crippen molar-refractivity contribution in [1.82, 2.24) is 0 Å². The van der Waals surface area contributed by atoms with Gasteiger partial charge in [-0.3, -0.25) is 14.6 Å². The number of halogens is 1. The lowest BCUT2D eigenvalue weighted by atomic mass is 9.66. The molecule has 2 amide bonds. The fourth-order valence-electron chi connectivity index (χ4n) is 4.74. The number of nitrogens with two attached hydrogens (primary N) is 2. The van der Waals surface area contributed by atoms with Crippen LogP contribution in [-0.2, 0) is 13.0 Å². The Morgan fingerprint density at radius 1 is 1.03 bits per heavy atom. The number of rotatable bonds is 4. The van der Waals surface area contributed by atoms with Gasteiger partial charge in [0, 0.05) is 16.0 Å². The van der Waals surface area contributed by atoms with Crippen LogP contribution in [0.3, 0.4) is 0 Å². The molecule has 1 aliphatic carbocycles. The Bertz CT molecular complexity index is 1040. The lowest BCUT2D eigenvalue weighted by Crippen LogP contribution is -2.45. The second-order valence-electron chi connectivity index (χ2n) is 8.18. The van der Waals surface area contributed by atoms with Crippen LogP contribution in [0, 0.1) is 5.41 Å². The molecule has 7 heteroatoms. The number of benzene rings is 2. The van der Waals surface area contributed by atoms with Gasteiger partial charge in [-0.1, -0.05) is 43.0 Å². The van der Waals surface area contributed by atoms with Crippen molar-refractivity contribution in [2.24, 2.45) is 21.9 Å². The molecule has 6 nitrogen and oxygen atoms in total. The van der Waals surface area contributed by atoms with Crippen molar-refractivity contribution < 1.29 is 9.59 Å². The average Bonchev–Trinajstić information content (AvgIpc) is 2.72. The predicted octanol–water partition coefficient (Wildman–Crippen LogP) is 4.06. The van der Waals surface area contributed by atoms with Gasteiger partial charge in [0.05, 0.1) is 17.8 Å². The van der Waals surface area contributed by atoms with Crippen LogP contribution in [0.5, 0.6) is 0 Å². The number of carbonyl (C=O) groups excluding carboxylic acids is 2. The van der Waals surface area contributed by atoms with E-state index in [0.717, 1.165) is 42.6 Å². The van der Waals surface area contributed by atoms with Gasteiger partial charge in [-0.2, -0.15) is 0 Å². The number of fused-ring (bicyclic) bond motifs is 1. The summed E-state index contributed by atoms with van der Waals surface area (Å²) in [5.41, 5.74) is 14.2. The summed E-state index contributed by atoms with van der Waals surface area (Å²) in [7, 11) is 0. The standard InChI is InChI=1S/C23H25ClN4O2/c24-15-6-4-5-14(11-15)13-27-22-23(9-2-1-3-10-23)12-18-16(20(25)29)7-8-17(21(26)30)19(18)28-22/h4-8,11H,1-3,9-10,12-13H2,(H2,25,29)(H2,26,30)(H,27,28). The number of hydrogen-bond donors (Lipinski definition) is 3. The summed E-state index contributed by atoms with van der Waals surface area (Å²) in [6.45, 7) is 0.474. The first-order valence-electron chi connectivity index (χ1n) is 10.2. The van der Waals surface area contributed by atoms with Crippen LogP contribution < -0.4 is 16.8 Å². The molecule has 1 heterocycles. The second-order valence-corrected chi connectivity index (χ2v) is 8.62. The zero-order chi connectivity index (χ0) is 21.3. The molecule has 0 aromatic heterocycles. The highest BCUT2D eigenvalue weighted by Gasteiger charge is 2.43. The van der Waals surface area contributed by atoms with E-state index in [1.165, 1.54) is 6.42 Å². The van der Waals surface area contributed by atoms with Crippen LogP contribution >= 0.6 is 11.6 Å². The molecular weight excluding hydrogens is 400 g/mol. The number of carbonyl (C=O) groups is 2. The van der Waals surface area contributed by atoms with Crippen LogP contribution in [0.2, 0.25) is 5.02 Å². The van der Waals surface area contributed by atoms with Crippen molar-refractivity contribution in [3.63, 3.8) is 0 Å². The first kappa shape index (κ1) is 20.4. The molecule has 0 atom stereocenters. The second kappa shape index (κ2) is 8.11. The average molecular weight is 425 g/mol. The number of nitrogens with zero attached hydrogens (tertiary/aromatic N) is 1. The summed E-state index contributed by atoms with van der Waals surface area (Å²) in [4.78, 5) is 29.1. The zero-order valence-corrected chi connectivity index (χ0v) is 17.5. The van der Waals surface area contributed by atoms with Crippen molar-refractivity contribution in [2.45, 2.75) is 45.1 Å². The van der Waals surface area contributed by atoms with Gasteiger partial charge in [-0.25, -0.2) is 0 Å². The van der Waals surface area contributed by atoms with Crippen LogP contribution in [0.4, 0.5) is 5.69 Å². The minimum atomic E-state index is -0.552. The molecule has 0 saturated heterocycles. The van der Waals surface area contributed by atoms with Crippen molar-refractivity contribution in [2.75, 3.05) is 5.32 Å². The van der Waals surface area contributed by atoms with E-state index in [4.69, 9.17) is 28.1 Å². The Balaban J connectivity index is 1.81. The molecule has 0 bridgehead atoms. The van der Waals surface area contributed by atoms with Crippen LogP contribution in [0.1, 0.15) is 63.9 Å². The van der Waals surface area contributed by atoms with Gasteiger partial charge in [-0.05, 0) is 54.7 Å². The summed E-state index contributed by atoms with van der Waals surface area (Å²) in [6.07, 6.45) is 5.91. The van der Waals surface area contributed by atoms with Gasteiger partial charge in [0.1, 0.15) is 5.84 Å². The van der Waals surface area contributed by atoms with E-state index in [1.807, 2.05) is 24.3 Å². The highest BCUT2D eigenvalue weighted by molar-refractivity contribution is 6.30. The SMILES string of the molecule is NC(=O)c1ccc(C(N)=O)c2c1CC1(CCCCC1)C(=NCc1cccc(Cl)c1)N2. The Kier molecular flexibility index (Phi) is 5.52. The highest BCUT2D eigenvalue weighted by Crippen LogP contribution is 2.46. The van der Waals surface area contributed by atoms with Crippen molar-refractivity contribution in [1.29, 1.82) is 0 Å².